The van der Waals surface area contributed by atoms with Crippen molar-refractivity contribution in [2.45, 2.75) is 23.7 Å². The number of carbonyl (C=O) groups is 1. The Kier molecular flexibility index (Phi) is 3.94. The van der Waals surface area contributed by atoms with Gasteiger partial charge in [0.25, 0.3) is 5.91 Å². The molecule has 0 spiro atoms. The van der Waals surface area contributed by atoms with Gasteiger partial charge in [-0.2, -0.15) is 0 Å². The average molecular weight is 356 g/mol. The zero-order chi connectivity index (χ0) is 16.7. The molecular formula is C18H16N2O2S2. The third-order valence-electron chi connectivity index (χ3n) is 4.04. The molecule has 1 aliphatic rings. The Morgan fingerprint density at radius 2 is 1.96 bits per heavy atom. The van der Waals surface area contributed by atoms with E-state index >= 15 is 0 Å². The summed E-state index contributed by atoms with van der Waals surface area (Å²) >= 11 is 1.71. The van der Waals surface area contributed by atoms with E-state index in [1.165, 1.54) is 17.8 Å². The molecule has 1 amide bonds. The minimum Gasteiger partial charge on any atom is -0.322 e. The van der Waals surface area contributed by atoms with E-state index in [1.807, 2.05) is 18.2 Å². The summed E-state index contributed by atoms with van der Waals surface area (Å²) in [6.07, 6.45) is 4.10. The molecule has 4 nitrogen and oxygen atoms in total. The summed E-state index contributed by atoms with van der Waals surface area (Å²) in [7, 11) is -1.04. The first-order valence-electron chi connectivity index (χ1n) is 7.75. The molecule has 1 unspecified atom stereocenters. The van der Waals surface area contributed by atoms with Gasteiger partial charge in [0, 0.05) is 39.1 Å². The predicted octanol–water partition coefficient (Wildman–Crippen LogP) is 4.16. The fraction of sp³-hybridized carbons (Fsp3) is 0.222. The topological polar surface area (TPSA) is 59.1 Å². The zero-order valence-corrected chi connectivity index (χ0v) is 14.7. The maximum atomic E-state index is 12.4. The van der Waals surface area contributed by atoms with E-state index in [0.717, 1.165) is 15.9 Å². The Labute approximate surface area is 146 Å². The number of carbonyl (C=O) groups excluding carboxylic acids is 1. The smallest absolute Gasteiger partial charge is 0.255 e. The molecule has 4 rings (SSSR count). The minimum absolute atomic E-state index is 0.172. The first-order valence-corrected chi connectivity index (χ1v) is 10.1. The number of amides is 1. The van der Waals surface area contributed by atoms with E-state index < -0.39 is 10.8 Å². The molecule has 1 aliphatic carbocycles. The van der Waals surface area contributed by atoms with Gasteiger partial charge in [-0.05, 0) is 55.3 Å². The average Bonchev–Trinajstić information content (AvgIpc) is 3.34. The molecule has 0 saturated heterocycles. The SMILES string of the molecule is CS(=O)c1ccc(C(=O)Nc2ccc3nc(C4CC4)sc3c2)cc1. The number of thiazole rings is 1. The quantitative estimate of drug-likeness (QED) is 0.763. The van der Waals surface area contributed by atoms with Crippen molar-refractivity contribution in [3.8, 4) is 0 Å². The molecule has 1 saturated carbocycles. The van der Waals surface area contributed by atoms with Crippen LogP contribution in [0.15, 0.2) is 47.4 Å². The molecule has 1 N–H and O–H groups in total. The summed E-state index contributed by atoms with van der Waals surface area (Å²) in [5.41, 5.74) is 2.31. The number of hydrogen-bond acceptors (Lipinski definition) is 4. The maximum Gasteiger partial charge on any atom is 0.255 e. The van der Waals surface area contributed by atoms with E-state index in [9.17, 15) is 9.00 Å². The molecule has 2 aromatic carbocycles. The maximum absolute atomic E-state index is 12.4. The molecule has 122 valence electrons. The highest BCUT2D eigenvalue weighted by atomic mass is 32.2. The molecule has 1 fully saturated rings. The highest BCUT2D eigenvalue weighted by Gasteiger charge is 2.27. The molecule has 0 radical (unpaired) electrons. The van der Waals surface area contributed by atoms with Gasteiger partial charge in [0.15, 0.2) is 0 Å². The van der Waals surface area contributed by atoms with Crippen LogP contribution < -0.4 is 5.32 Å². The van der Waals surface area contributed by atoms with Crippen molar-refractivity contribution in [3.63, 3.8) is 0 Å². The van der Waals surface area contributed by atoms with Crippen LogP contribution in [0.5, 0.6) is 0 Å². The number of benzene rings is 2. The number of rotatable bonds is 4. The second-order valence-electron chi connectivity index (χ2n) is 5.94. The largest absolute Gasteiger partial charge is 0.322 e. The van der Waals surface area contributed by atoms with E-state index in [2.05, 4.69) is 10.3 Å². The molecule has 0 aliphatic heterocycles. The molecule has 3 aromatic rings. The first kappa shape index (κ1) is 15.5. The number of fused-ring (bicyclic) bond motifs is 1. The second kappa shape index (κ2) is 6.11. The van der Waals surface area contributed by atoms with Crippen LogP contribution >= 0.6 is 11.3 Å². The van der Waals surface area contributed by atoms with Gasteiger partial charge in [-0.15, -0.1) is 11.3 Å². The van der Waals surface area contributed by atoms with Crippen molar-refractivity contribution >= 4 is 43.9 Å². The lowest BCUT2D eigenvalue weighted by molar-refractivity contribution is 0.102. The Hall–Kier alpha value is -2.05. The molecule has 0 bridgehead atoms. The lowest BCUT2D eigenvalue weighted by Gasteiger charge is -2.05. The van der Waals surface area contributed by atoms with Crippen LogP contribution in [0.3, 0.4) is 0 Å². The molecule has 1 heterocycles. The standard InChI is InChI=1S/C18H16N2O2S2/c1-24(22)14-7-4-11(5-8-14)17(21)19-13-6-9-15-16(10-13)23-18(20-15)12-2-3-12/h4-10,12H,2-3H2,1H3,(H,19,21). The highest BCUT2D eigenvalue weighted by molar-refractivity contribution is 7.84. The van der Waals surface area contributed by atoms with Crippen molar-refractivity contribution < 1.29 is 9.00 Å². The number of anilines is 1. The second-order valence-corrected chi connectivity index (χ2v) is 8.38. The molecule has 24 heavy (non-hydrogen) atoms. The summed E-state index contributed by atoms with van der Waals surface area (Å²) in [4.78, 5) is 17.7. The Morgan fingerprint density at radius 3 is 2.62 bits per heavy atom. The van der Waals surface area contributed by atoms with Crippen LogP contribution in [0.2, 0.25) is 0 Å². The van der Waals surface area contributed by atoms with Gasteiger partial charge in [0.1, 0.15) is 0 Å². The number of nitrogens with one attached hydrogen (secondary N) is 1. The minimum atomic E-state index is -1.04. The molecule has 1 aromatic heterocycles. The Balaban J connectivity index is 1.54. The van der Waals surface area contributed by atoms with E-state index in [0.29, 0.717) is 16.4 Å². The first-order chi connectivity index (χ1) is 11.6. The predicted molar refractivity (Wildman–Crippen MR) is 98.3 cm³/mol. The van der Waals surface area contributed by atoms with Crippen molar-refractivity contribution in [3.05, 3.63) is 53.0 Å². The van der Waals surface area contributed by atoms with E-state index in [1.54, 1.807) is 41.9 Å². The van der Waals surface area contributed by atoms with Crippen molar-refractivity contribution in [1.29, 1.82) is 0 Å². The van der Waals surface area contributed by atoms with E-state index in [4.69, 9.17) is 0 Å². The van der Waals surface area contributed by atoms with Crippen LogP contribution in [0, 0.1) is 0 Å². The van der Waals surface area contributed by atoms with Crippen LogP contribution in [-0.2, 0) is 10.8 Å². The number of aromatic nitrogens is 1. The summed E-state index contributed by atoms with van der Waals surface area (Å²) in [5, 5.41) is 4.12. The normalized spacial score (nSPS) is 15.4. The molecular weight excluding hydrogens is 340 g/mol. The third kappa shape index (κ3) is 3.12. The molecule has 6 heteroatoms. The van der Waals surface area contributed by atoms with Crippen LogP contribution in [-0.4, -0.2) is 21.4 Å². The summed E-state index contributed by atoms with van der Waals surface area (Å²) in [6, 6.07) is 12.7. The van der Waals surface area contributed by atoms with E-state index in [-0.39, 0.29) is 5.91 Å². The van der Waals surface area contributed by atoms with Gasteiger partial charge in [-0.25, -0.2) is 4.98 Å². The highest BCUT2D eigenvalue weighted by Crippen LogP contribution is 2.43. The lowest BCUT2D eigenvalue weighted by Crippen LogP contribution is -2.11. The van der Waals surface area contributed by atoms with Crippen molar-refractivity contribution in [1.82, 2.24) is 4.98 Å². The van der Waals surface area contributed by atoms with Gasteiger partial charge in [-0.1, -0.05) is 0 Å². The van der Waals surface area contributed by atoms with Crippen LogP contribution in [0.1, 0.15) is 34.1 Å². The van der Waals surface area contributed by atoms with Crippen molar-refractivity contribution in [2.75, 3.05) is 11.6 Å². The molecule has 1 atom stereocenters. The summed E-state index contributed by atoms with van der Waals surface area (Å²) in [5.74, 6) is 0.470. The summed E-state index contributed by atoms with van der Waals surface area (Å²) < 4.78 is 12.5. The zero-order valence-electron chi connectivity index (χ0n) is 13.1. The monoisotopic (exact) mass is 356 g/mol. The number of hydrogen-bond donors (Lipinski definition) is 1. The number of nitrogens with zero attached hydrogens (tertiary/aromatic N) is 1. The lowest BCUT2D eigenvalue weighted by atomic mass is 10.2. The van der Waals surface area contributed by atoms with Gasteiger partial charge in [-0.3, -0.25) is 9.00 Å². The Morgan fingerprint density at radius 1 is 1.21 bits per heavy atom. The van der Waals surface area contributed by atoms with Crippen LogP contribution in [0.25, 0.3) is 10.2 Å². The van der Waals surface area contributed by atoms with Gasteiger partial charge in [0.2, 0.25) is 0 Å². The summed E-state index contributed by atoms with van der Waals surface area (Å²) in [6.45, 7) is 0. The fourth-order valence-corrected chi connectivity index (χ4v) is 4.22. The van der Waals surface area contributed by atoms with Gasteiger partial charge in [0.05, 0.1) is 15.2 Å². The van der Waals surface area contributed by atoms with Crippen LogP contribution in [0.4, 0.5) is 5.69 Å². The van der Waals surface area contributed by atoms with Gasteiger partial charge < -0.3 is 5.32 Å². The fourth-order valence-electron chi connectivity index (χ4n) is 2.53. The Bertz CT molecular complexity index is 943. The van der Waals surface area contributed by atoms with Gasteiger partial charge >= 0.3 is 0 Å². The van der Waals surface area contributed by atoms with Crippen molar-refractivity contribution in [2.24, 2.45) is 0 Å². The third-order valence-corrected chi connectivity index (χ3v) is 6.15.